The third-order valence-electron chi connectivity index (χ3n) is 4.34. The number of rotatable bonds is 2. The van der Waals surface area contributed by atoms with Gasteiger partial charge >= 0.3 is 0 Å². The average Bonchev–Trinajstić information content (AvgIpc) is 2.70. The van der Waals surface area contributed by atoms with Gasteiger partial charge in [0.05, 0.1) is 5.41 Å². The van der Waals surface area contributed by atoms with Crippen LogP contribution in [0.5, 0.6) is 0 Å². The fourth-order valence-electron chi connectivity index (χ4n) is 3.26. The van der Waals surface area contributed by atoms with E-state index in [9.17, 15) is 4.79 Å². The molecule has 1 aromatic carbocycles. The van der Waals surface area contributed by atoms with Gasteiger partial charge < -0.3 is 10.2 Å². The molecule has 1 amide bonds. The highest BCUT2D eigenvalue weighted by molar-refractivity contribution is 9.10. The number of hydrogen-bond acceptors (Lipinski definition) is 2. The van der Waals surface area contributed by atoms with Gasteiger partial charge in [-0.05, 0) is 43.5 Å². The van der Waals surface area contributed by atoms with Crippen LogP contribution in [0.2, 0.25) is 0 Å². The summed E-state index contributed by atoms with van der Waals surface area (Å²) in [4.78, 5) is 14.7. The lowest BCUT2D eigenvalue weighted by Gasteiger charge is -2.32. The number of benzene rings is 1. The fraction of sp³-hybridized carbons (Fsp3) is 0.533. The summed E-state index contributed by atoms with van der Waals surface area (Å²) in [5, 5.41) is 3.39. The SMILES string of the molecule is Cl.O=C1N(Cc2cccc(Br)c2)CCC12CCCNC2. The second-order valence-electron chi connectivity index (χ2n) is 5.67. The number of carbonyl (C=O) groups excluding carboxylic acids is 1. The summed E-state index contributed by atoms with van der Waals surface area (Å²) in [7, 11) is 0. The van der Waals surface area contributed by atoms with E-state index in [1.54, 1.807) is 0 Å². The topological polar surface area (TPSA) is 32.3 Å². The number of nitrogens with one attached hydrogen (secondary N) is 1. The van der Waals surface area contributed by atoms with Crippen molar-refractivity contribution >= 4 is 34.2 Å². The second kappa shape index (κ2) is 6.46. The normalized spacial score (nSPS) is 25.9. The lowest BCUT2D eigenvalue weighted by molar-refractivity contribution is -0.137. The van der Waals surface area contributed by atoms with E-state index in [1.165, 1.54) is 5.56 Å². The van der Waals surface area contributed by atoms with Crippen LogP contribution in [-0.4, -0.2) is 30.4 Å². The molecule has 20 heavy (non-hydrogen) atoms. The third-order valence-corrected chi connectivity index (χ3v) is 4.83. The van der Waals surface area contributed by atoms with E-state index in [0.29, 0.717) is 5.91 Å². The Kier molecular flexibility index (Phi) is 5.10. The molecule has 2 heterocycles. The maximum atomic E-state index is 12.6. The summed E-state index contributed by atoms with van der Waals surface area (Å²) in [5.41, 5.74) is 1.09. The quantitative estimate of drug-likeness (QED) is 0.880. The first-order valence-electron chi connectivity index (χ1n) is 6.94. The molecule has 2 aliphatic heterocycles. The Balaban J connectivity index is 0.00000147. The molecule has 2 saturated heterocycles. The molecule has 1 atom stereocenters. The molecular weight excluding hydrogens is 340 g/mol. The van der Waals surface area contributed by atoms with Gasteiger partial charge in [-0.1, -0.05) is 28.1 Å². The Morgan fingerprint density at radius 1 is 1.35 bits per heavy atom. The minimum absolute atomic E-state index is 0. The lowest BCUT2D eigenvalue weighted by Crippen LogP contribution is -2.45. The molecule has 1 spiro atoms. The highest BCUT2D eigenvalue weighted by atomic mass is 79.9. The van der Waals surface area contributed by atoms with E-state index in [1.807, 2.05) is 17.0 Å². The van der Waals surface area contributed by atoms with Crippen LogP contribution in [0.4, 0.5) is 0 Å². The van der Waals surface area contributed by atoms with Gasteiger partial charge in [0, 0.05) is 24.1 Å². The summed E-state index contributed by atoms with van der Waals surface area (Å²) in [6, 6.07) is 8.22. The second-order valence-corrected chi connectivity index (χ2v) is 6.58. The van der Waals surface area contributed by atoms with Crippen LogP contribution < -0.4 is 5.32 Å². The van der Waals surface area contributed by atoms with Crippen molar-refractivity contribution in [2.75, 3.05) is 19.6 Å². The van der Waals surface area contributed by atoms with Crippen LogP contribution in [0.3, 0.4) is 0 Å². The van der Waals surface area contributed by atoms with E-state index >= 15 is 0 Å². The van der Waals surface area contributed by atoms with E-state index < -0.39 is 0 Å². The molecule has 110 valence electrons. The van der Waals surface area contributed by atoms with E-state index in [2.05, 4.69) is 33.4 Å². The number of piperidine rings is 1. The Hall–Kier alpha value is -0.580. The molecule has 0 bridgehead atoms. The zero-order valence-electron chi connectivity index (χ0n) is 11.4. The molecule has 0 saturated carbocycles. The van der Waals surface area contributed by atoms with E-state index in [4.69, 9.17) is 0 Å². The molecule has 1 unspecified atom stereocenters. The minimum atomic E-state index is -0.107. The van der Waals surface area contributed by atoms with Gasteiger partial charge in [0.2, 0.25) is 5.91 Å². The first-order valence-corrected chi connectivity index (χ1v) is 7.73. The van der Waals surface area contributed by atoms with Crippen LogP contribution in [0.1, 0.15) is 24.8 Å². The number of halogens is 2. The van der Waals surface area contributed by atoms with E-state index in [-0.39, 0.29) is 17.8 Å². The molecule has 3 nitrogen and oxygen atoms in total. The summed E-state index contributed by atoms with van der Waals surface area (Å²) < 4.78 is 1.07. The van der Waals surface area contributed by atoms with Crippen LogP contribution in [-0.2, 0) is 11.3 Å². The lowest BCUT2D eigenvalue weighted by atomic mass is 9.79. The summed E-state index contributed by atoms with van der Waals surface area (Å²) in [6.45, 7) is 3.55. The van der Waals surface area contributed by atoms with Crippen LogP contribution in [0.15, 0.2) is 28.7 Å². The van der Waals surface area contributed by atoms with Crippen molar-refractivity contribution in [2.24, 2.45) is 5.41 Å². The molecule has 0 aromatic heterocycles. The average molecular weight is 360 g/mol. The maximum Gasteiger partial charge on any atom is 0.230 e. The number of carbonyl (C=O) groups is 1. The van der Waals surface area contributed by atoms with Crippen molar-refractivity contribution in [1.82, 2.24) is 10.2 Å². The zero-order valence-corrected chi connectivity index (χ0v) is 13.8. The van der Waals surface area contributed by atoms with Gasteiger partial charge in [-0.25, -0.2) is 0 Å². The van der Waals surface area contributed by atoms with Gasteiger partial charge in [-0.3, -0.25) is 4.79 Å². The fourth-order valence-corrected chi connectivity index (χ4v) is 3.71. The molecule has 2 fully saturated rings. The summed E-state index contributed by atoms with van der Waals surface area (Å²) in [6.07, 6.45) is 3.18. The highest BCUT2D eigenvalue weighted by Crippen LogP contribution is 2.38. The Bertz CT molecular complexity index is 489. The Morgan fingerprint density at radius 2 is 2.20 bits per heavy atom. The monoisotopic (exact) mass is 358 g/mol. The van der Waals surface area contributed by atoms with Gasteiger partial charge in [0.25, 0.3) is 0 Å². The Labute approximate surface area is 134 Å². The highest BCUT2D eigenvalue weighted by Gasteiger charge is 2.46. The third kappa shape index (κ3) is 3.02. The number of hydrogen-bond donors (Lipinski definition) is 1. The van der Waals surface area contributed by atoms with Crippen LogP contribution in [0.25, 0.3) is 0 Å². The van der Waals surface area contributed by atoms with Crippen molar-refractivity contribution in [2.45, 2.75) is 25.8 Å². The largest absolute Gasteiger partial charge is 0.338 e. The smallest absolute Gasteiger partial charge is 0.230 e. The van der Waals surface area contributed by atoms with E-state index in [0.717, 1.165) is 49.9 Å². The van der Waals surface area contributed by atoms with Gasteiger partial charge in [-0.15, -0.1) is 12.4 Å². The zero-order chi connectivity index (χ0) is 13.3. The molecule has 0 radical (unpaired) electrons. The van der Waals surface area contributed by atoms with Crippen molar-refractivity contribution in [1.29, 1.82) is 0 Å². The molecule has 3 rings (SSSR count). The molecule has 1 N–H and O–H groups in total. The van der Waals surface area contributed by atoms with Crippen molar-refractivity contribution < 1.29 is 4.79 Å². The first-order chi connectivity index (χ1) is 9.20. The van der Waals surface area contributed by atoms with Crippen molar-refractivity contribution in [3.05, 3.63) is 34.3 Å². The van der Waals surface area contributed by atoms with Gasteiger partial charge in [0.15, 0.2) is 0 Å². The van der Waals surface area contributed by atoms with Crippen molar-refractivity contribution in [3.63, 3.8) is 0 Å². The van der Waals surface area contributed by atoms with Gasteiger partial charge in [-0.2, -0.15) is 0 Å². The van der Waals surface area contributed by atoms with Gasteiger partial charge in [0.1, 0.15) is 0 Å². The van der Waals surface area contributed by atoms with Crippen LogP contribution >= 0.6 is 28.3 Å². The molecule has 2 aliphatic rings. The Morgan fingerprint density at radius 3 is 2.90 bits per heavy atom. The number of nitrogens with zero attached hydrogens (tertiary/aromatic N) is 1. The standard InChI is InChI=1S/C15H19BrN2O.ClH/c16-13-4-1-3-12(9-13)10-18-8-6-15(14(18)19)5-2-7-17-11-15;/h1,3-4,9,17H,2,5-8,10-11H2;1H. The van der Waals surface area contributed by atoms with Crippen molar-refractivity contribution in [3.8, 4) is 0 Å². The molecular formula is C15H20BrClN2O. The molecule has 5 heteroatoms. The first kappa shape index (κ1) is 15.8. The summed E-state index contributed by atoms with van der Waals surface area (Å²) >= 11 is 3.48. The predicted molar refractivity (Wildman–Crippen MR) is 86.0 cm³/mol. The predicted octanol–water partition coefficient (Wildman–Crippen LogP) is 2.97. The summed E-state index contributed by atoms with van der Waals surface area (Å²) in [5.74, 6) is 0.347. The minimum Gasteiger partial charge on any atom is -0.338 e. The molecule has 1 aromatic rings. The number of amides is 1. The maximum absolute atomic E-state index is 12.6. The van der Waals surface area contributed by atoms with Crippen LogP contribution in [0, 0.1) is 5.41 Å². The number of likely N-dealkylation sites (tertiary alicyclic amines) is 1. The molecule has 0 aliphatic carbocycles.